The summed E-state index contributed by atoms with van der Waals surface area (Å²) in [5.74, 6) is 1.47. The minimum atomic E-state index is 0.0844. The Bertz CT molecular complexity index is 906. The maximum absolute atomic E-state index is 12.4. The van der Waals surface area contributed by atoms with Crippen LogP contribution in [0.2, 0.25) is 0 Å². The van der Waals surface area contributed by atoms with Crippen LogP contribution < -0.4 is 4.74 Å². The largest absolute Gasteiger partial charge is 0.484 e. The summed E-state index contributed by atoms with van der Waals surface area (Å²) < 4.78 is 5.64. The summed E-state index contributed by atoms with van der Waals surface area (Å²) >= 11 is 0. The molecule has 0 saturated carbocycles. The summed E-state index contributed by atoms with van der Waals surface area (Å²) in [6.07, 6.45) is 5.31. The lowest BCUT2D eigenvalue weighted by molar-refractivity contribution is -0.134. The first-order valence-electron chi connectivity index (χ1n) is 9.71. The van der Waals surface area contributed by atoms with Gasteiger partial charge in [-0.25, -0.2) is 0 Å². The number of benzene rings is 2. The van der Waals surface area contributed by atoms with Crippen LogP contribution in [-0.4, -0.2) is 35.5 Å². The van der Waals surface area contributed by atoms with Crippen LogP contribution in [0.3, 0.4) is 0 Å². The summed E-state index contributed by atoms with van der Waals surface area (Å²) in [7, 11) is 0. The molecule has 4 rings (SSSR count). The Morgan fingerprint density at radius 2 is 1.85 bits per heavy atom. The molecule has 0 aliphatic carbocycles. The fourth-order valence-electron chi connectivity index (χ4n) is 3.87. The molecule has 1 N–H and O–H groups in total. The van der Waals surface area contributed by atoms with Gasteiger partial charge >= 0.3 is 0 Å². The highest BCUT2D eigenvalue weighted by molar-refractivity contribution is 5.83. The van der Waals surface area contributed by atoms with Crippen molar-refractivity contribution in [3.63, 3.8) is 0 Å². The number of likely N-dealkylation sites (tertiary alicyclic amines) is 1. The van der Waals surface area contributed by atoms with Crippen LogP contribution in [0.4, 0.5) is 0 Å². The number of carbonyl (C=O) groups is 1. The number of nitrogens with zero attached hydrogens (tertiary/aromatic N) is 1. The summed E-state index contributed by atoms with van der Waals surface area (Å²) in [6.45, 7) is 3.80. The summed E-state index contributed by atoms with van der Waals surface area (Å²) in [5.41, 5.74) is 3.78. The molecule has 2 heterocycles. The van der Waals surface area contributed by atoms with E-state index in [1.807, 2.05) is 36.1 Å². The van der Waals surface area contributed by atoms with Gasteiger partial charge in [0.05, 0.1) is 0 Å². The smallest absolute Gasteiger partial charge is 0.260 e. The quantitative estimate of drug-likeness (QED) is 0.734. The van der Waals surface area contributed by atoms with E-state index in [1.165, 1.54) is 22.0 Å². The minimum Gasteiger partial charge on any atom is -0.484 e. The average Bonchev–Trinajstić information content (AvgIpc) is 3.11. The molecule has 1 saturated heterocycles. The van der Waals surface area contributed by atoms with Crippen molar-refractivity contribution in [1.82, 2.24) is 9.88 Å². The van der Waals surface area contributed by atoms with Gasteiger partial charge in [-0.15, -0.1) is 0 Å². The van der Waals surface area contributed by atoms with Crippen LogP contribution >= 0.6 is 0 Å². The zero-order valence-electron chi connectivity index (χ0n) is 15.8. The van der Waals surface area contributed by atoms with Crippen LogP contribution in [0.25, 0.3) is 10.9 Å². The number of ether oxygens (including phenoxy) is 1. The van der Waals surface area contributed by atoms with Crippen LogP contribution in [-0.2, 0) is 11.2 Å². The Balaban J connectivity index is 1.27. The van der Waals surface area contributed by atoms with E-state index in [4.69, 9.17) is 4.74 Å². The van der Waals surface area contributed by atoms with E-state index in [-0.39, 0.29) is 12.5 Å². The van der Waals surface area contributed by atoms with Crippen molar-refractivity contribution in [3.05, 3.63) is 65.9 Å². The lowest BCUT2D eigenvalue weighted by Gasteiger charge is -2.32. The second-order valence-electron chi connectivity index (χ2n) is 7.49. The molecule has 1 fully saturated rings. The Hall–Kier alpha value is -2.75. The van der Waals surface area contributed by atoms with Crippen molar-refractivity contribution in [2.24, 2.45) is 5.92 Å². The molecule has 0 atom stereocenters. The number of carbonyl (C=O) groups excluding carboxylic acids is 1. The number of aromatic nitrogens is 1. The van der Waals surface area contributed by atoms with E-state index < -0.39 is 0 Å². The maximum atomic E-state index is 12.4. The van der Waals surface area contributed by atoms with Gasteiger partial charge in [-0.05, 0) is 55.9 Å². The van der Waals surface area contributed by atoms with Crippen molar-refractivity contribution < 1.29 is 9.53 Å². The molecule has 0 unspecified atom stereocenters. The summed E-state index contributed by atoms with van der Waals surface area (Å²) in [5, 5.41) is 1.32. The Morgan fingerprint density at radius 1 is 1.11 bits per heavy atom. The number of amides is 1. The standard InChI is InChI=1S/C23H26N2O2/c1-17-6-8-20(9-7-17)27-16-23(26)25-12-10-18(11-13-25)14-19-15-24-22-5-3-2-4-21(19)22/h2-9,15,18,24H,10-14,16H2,1H3. The van der Waals surface area contributed by atoms with Gasteiger partial charge in [0, 0.05) is 30.2 Å². The lowest BCUT2D eigenvalue weighted by atomic mass is 9.90. The molecule has 3 aromatic rings. The normalized spacial score (nSPS) is 15.2. The van der Waals surface area contributed by atoms with Gasteiger partial charge in [0.1, 0.15) is 5.75 Å². The summed E-state index contributed by atoms with van der Waals surface area (Å²) in [6, 6.07) is 16.3. The molecule has 140 valence electrons. The first-order chi connectivity index (χ1) is 13.2. The van der Waals surface area contributed by atoms with Crippen LogP contribution in [0, 0.1) is 12.8 Å². The van der Waals surface area contributed by atoms with E-state index in [9.17, 15) is 4.79 Å². The molecule has 27 heavy (non-hydrogen) atoms. The van der Waals surface area contributed by atoms with Gasteiger partial charge < -0.3 is 14.6 Å². The van der Waals surface area contributed by atoms with Gasteiger partial charge in [-0.2, -0.15) is 0 Å². The fraction of sp³-hybridized carbons (Fsp3) is 0.348. The van der Waals surface area contributed by atoms with Gasteiger partial charge in [-0.1, -0.05) is 35.9 Å². The van der Waals surface area contributed by atoms with E-state index in [0.717, 1.165) is 38.1 Å². The molecule has 2 aromatic carbocycles. The van der Waals surface area contributed by atoms with Crippen molar-refractivity contribution in [3.8, 4) is 5.75 Å². The Labute approximate surface area is 160 Å². The number of nitrogens with one attached hydrogen (secondary N) is 1. The highest BCUT2D eigenvalue weighted by Crippen LogP contribution is 2.26. The molecule has 1 aliphatic heterocycles. The highest BCUT2D eigenvalue weighted by atomic mass is 16.5. The predicted octanol–water partition coefficient (Wildman–Crippen LogP) is 4.34. The van der Waals surface area contributed by atoms with Gasteiger partial charge in [0.15, 0.2) is 6.61 Å². The van der Waals surface area contributed by atoms with E-state index in [0.29, 0.717) is 5.92 Å². The molecule has 1 amide bonds. The third-order valence-electron chi connectivity index (χ3n) is 5.53. The number of aromatic amines is 1. The third-order valence-corrected chi connectivity index (χ3v) is 5.53. The first-order valence-corrected chi connectivity index (χ1v) is 9.71. The molecule has 1 aliphatic rings. The molecule has 0 radical (unpaired) electrons. The van der Waals surface area contributed by atoms with E-state index >= 15 is 0 Å². The second kappa shape index (κ2) is 7.87. The van der Waals surface area contributed by atoms with Crippen LogP contribution in [0.5, 0.6) is 5.75 Å². The maximum Gasteiger partial charge on any atom is 0.260 e. The number of H-pyrrole nitrogens is 1. The van der Waals surface area contributed by atoms with Gasteiger partial charge in [0.25, 0.3) is 5.91 Å². The number of rotatable bonds is 5. The first kappa shape index (κ1) is 17.7. The van der Waals surface area contributed by atoms with Crippen molar-refractivity contribution >= 4 is 16.8 Å². The number of piperidine rings is 1. The predicted molar refractivity (Wildman–Crippen MR) is 108 cm³/mol. The highest BCUT2D eigenvalue weighted by Gasteiger charge is 2.23. The van der Waals surface area contributed by atoms with Crippen molar-refractivity contribution in [1.29, 1.82) is 0 Å². The van der Waals surface area contributed by atoms with Crippen molar-refractivity contribution in [2.75, 3.05) is 19.7 Å². The van der Waals surface area contributed by atoms with Crippen LogP contribution in [0.1, 0.15) is 24.0 Å². The number of aryl methyl sites for hydroxylation is 1. The molecule has 0 spiro atoms. The molecule has 1 aromatic heterocycles. The monoisotopic (exact) mass is 362 g/mol. The zero-order chi connectivity index (χ0) is 18.6. The lowest BCUT2D eigenvalue weighted by Crippen LogP contribution is -2.41. The molecular weight excluding hydrogens is 336 g/mol. The second-order valence-corrected chi connectivity index (χ2v) is 7.49. The number of fused-ring (bicyclic) bond motifs is 1. The average molecular weight is 362 g/mol. The topological polar surface area (TPSA) is 45.3 Å². The molecule has 4 heteroatoms. The number of para-hydroxylation sites is 1. The van der Waals surface area contributed by atoms with Crippen molar-refractivity contribution in [2.45, 2.75) is 26.2 Å². The SMILES string of the molecule is Cc1ccc(OCC(=O)N2CCC(Cc3c[nH]c4ccccc34)CC2)cc1. The van der Waals surface area contributed by atoms with E-state index in [2.05, 4.69) is 35.4 Å². The van der Waals surface area contributed by atoms with Gasteiger partial charge in [0.2, 0.25) is 0 Å². The Morgan fingerprint density at radius 3 is 2.63 bits per heavy atom. The fourth-order valence-corrected chi connectivity index (χ4v) is 3.87. The Kier molecular flexibility index (Phi) is 5.14. The number of hydrogen-bond donors (Lipinski definition) is 1. The minimum absolute atomic E-state index is 0.0844. The molecular formula is C23H26N2O2. The third kappa shape index (κ3) is 4.16. The van der Waals surface area contributed by atoms with E-state index in [1.54, 1.807) is 0 Å². The van der Waals surface area contributed by atoms with Crippen LogP contribution in [0.15, 0.2) is 54.7 Å². The molecule has 4 nitrogen and oxygen atoms in total. The summed E-state index contributed by atoms with van der Waals surface area (Å²) in [4.78, 5) is 17.7. The van der Waals surface area contributed by atoms with Gasteiger partial charge in [-0.3, -0.25) is 4.79 Å². The zero-order valence-corrected chi connectivity index (χ0v) is 15.8. The molecule has 0 bridgehead atoms. The number of hydrogen-bond acceptors (Lipinski definition) is 2.